The van der Waals surface area contributed by atoms with Crippen molar-refractivity contribution < 1.29 is 23.5 Å². The topological polar surface area (TPSA) is 66.4 Å². The highest BCUT2D eigenvalue weighted by molar-refractivity contribution is 5.93. The normalized spacial score (nSPS) is 22.2. The first-order valence-corrected chi connectivity index (χ1v) is 5.96. The third-order valence-electron chi connectivity index (χ3n) is 3.36. The van der Waals surface area contributed by atoms with Crippen LogP contribution < -0.4 is 5.32 Å². The molecule has 0 radical (unpaired) electrons. The monoisotopic (exact) mass is 269 g/mol. The molecule has 2 N–H and O–H groups in total. The molecule has 1 aromatic rings. The van der Waals surface area contributed by atoms with Gasteiger partial charge >= 0.3 is 5.97 Å². The van der Waals surface area contributed by atoms with E-state index in [0.29, 0.717) is 12.8 Å². The molecule has 1 amide bonds. The van der Waals surface area contributed by atoms with Crippen molar-refractivity contribution in [3.8, 4) is 0 Å². The van der Waals surface area contributed by atoms with Crippen molar-refractivity contribution in [2.75, 3.05) is 5.32 Å². The number of carboxylic acids is 1. The number of carbonyl (C=O) groups excluding carboxylic acids is 1. The molecule has 6 heteroatoms. The highest BCUT2D eigenvalue weighted by Crippen LogP contribution is 2.32. The maximum Gasteiger partial charge on any atom is 0.306 e. The smallest absolute Gasteiger partial charge is 0.306 e. The highest BCUT2D eigenvalue weighted by atomic mass is 19.2. The van der Waals surface area contributed by atoms with Crippen LogP contribution in [0.1, 0.15) is 19.3 Å². The SMILES string of the molecule is O=C(O)[C@H]1CC[C@@H](C(=O)Nc2cccc(F)c2F)C1. The first kappa shape index (κ1) is 13.5. The number of hydrogen-bond acceptors (Lipinski definition) is 2. The van der Waals surface area contributed by atoms with E-state index < -0.39 is 35.3 Å². The predicted molar refractivity (Wildman–Crippen MR) is 63.5 cm³/mol. The van der Waals surface area contributed by atoms with Crippen LogP contribution in [0, 0.1) is 23.5 Å². The molecule has 4 nitrogen and oxygen atoms in total. The van der Waals surface area contributed by atoms with Gasteiger partial charge in [0.15, 0.2) is 11.6 Å². The number of rotatable bonds is 3. The molecular formula is C13H13F2NO3. The van der Waals surface area contributed by atoms with E-state index in [9.17, 15) is 18.4 Å². The Labute approximate surface area is 108 Å². The van der Waals surface area contributed by atoms with Gasteiger partial charge in [-0.15, -0.1) is 0 Å². The van der Waals surface area contributed by atoms with Crippen molar-refractivity contribution in [3.05, 3.63) is 29.8 Å². The van der Waals surface area contributed by atoms with Crippen LogP contribution in [0.25, 0.3) is 0 Å². The first-order valence-electron chi connectivity index (χ1n) is 5.96. The van der Waals surface area contributed by atoms with E-state index in [1.165, 1.54) is 12.1 Å². The number of aliphatic carboxylic acids is 1. The molecule has 0 aromatic heterocycles. The summed E-state index contributed by atoms with van der Waals surface area (Å²) in [6.07, 6.45) is 1.11. The van der Waals surface area contributed by atoms with Gasteiger partial charge in [0.2, 0.25) is 5.91 Å². The number of amides is 1. The summed E-state index contributed by atoms with van der Waals surface area (Å²) in [4.78, 5) is 22.6. The number of hydrogen-bond donors (Lipinski definition) is 2. The van der Waals surface area contributed by atoms with Gasteiger partial charge in [-0.2, -0.15) is 0 Å². The van der Waals surface area contributed by atoms with Crippen LogP contribution in [0.2, 0.25) is 0 Å². The molecule has 0 bridgehead atoms. The van der Waals surface area contributed by atoms with Crippen LogP contribution in [0.3, 0.4) is 0 Å². The lowest BCUT2D eigenvalue weighted by Crippen LogP contribution is -2.22. The van der Waals surface area contributed by atoms with Gasteiger partial charge in [-0.25, -0.2) is 8.78 Å². The second-order valence-corrected chi connectivity index (χ2v) is 4.64. The number of halogens is 2. The molecular weight excluding hydrogens is 256 g/mol. The van der Waals surface area contributed by atoms with Crippen molar-refractivity contribution in [1.82, 2.24) is 0 Å². The van der Waals surface area contributed by atoms with Crippen LogP contribution >= 0.6 is 0 Å². The molecule has 1 aromatic carbocycles. The van der Waals surface area contributed by atoms with Crippen molar-refractivity contribution >= 4 is 17.6 Å². The Kier molecular flexibility index (Phi) is 3.78. The summed E-state index contributed by atoms with van der Waals surface area (Å²) < 4.78 is 26.3. The van der Waals surface area contributed by atoms with Gasteiger partial charge in [0.05, 0.1) is 11.6 Å². The quantitative estimate of drug-likeness (QED) is 0.885. The molecule has 1 aliphatic rings. The molecule has 0 aliphatic heterocycles. The summed E-state index contributed by atoms with van der Waals surface area (Å²) in [6.45, 7) is 0. The summed E-state index contributed by atoms with van der Waals surface area (Å²) in [5.74, 6) is -4.53. The van der Waals surface area contributed by atoms with E-state index in [1.807, 2.05) is 0 Å². The largest absolute Gasteiger partial charge is 0.481 e. The fourth-order valence-electron chi connectivity index (χ4n) is 2.28. The lowest BCUT2D eigenvalue weighted by atomic mass is 10.0. The summed E-state index contributed by atoms with van der Waals surface area (Å²) in [5, 5.41) is 11.1. The van der Waals surface area contributed by atoms with Crippen LogP contribution in [0.15, 0.2) is 18.2 Å². The molecule has 2 atom stereocenters. The molecule has 0 saturated heterocycles. The Morgan fingerprint density at radius 2 is 1.89 bits per heavy atom. The van der Waals surface area contributed by atoms with Gasteiger partial charge < -0.3 is 10.4 Å². The van der Waals surface area contributed by atoms with Gasteiger partial charge in [-0.05, 0) is 31.4 Å². The number of anilines is 1. The van der Waals surface area contributed by atoms with Crippen molar-refractivity contribution in [2.24, 2.45) is 11.8 Å². The van der Waals surface area contributed by atoms with Gasteiger partial charge in [0, 0.05) is 5.92 Å². The third-order valence-corrected chi connectivity index (χ3v) is 3.36. The zero-order valence-electron chi connectivity index (χ0n) is 10.0. The summed E-state index contributed by atoms with van der Waals surface area (Å²) in [5.41, 5.74) is -0.219. The van der Waals surface area contributed by atoms with Gasteiger partial charge in [0.1, 0.15) is 0 Å². The van der Waals surface area contributed by atoms with E-state index in [4.69, 9.17) is 5.11 Å². The van der Waals surface area contributed by atoms with Crippen molar-refractivity contribution in [3.63, 3.8) is 0 Å². The molecule has 0 unspecified atom stereocenters. The third kappa shape index (κ3) is 2.89. The van der Waals surface area contributed by atoms with Gasteiger partial charge in [-0.3, -0.25) is 9.59 Å². The Balaban J connectivity index is 2.02. The molecule has 1 aliphatic carbocycles. The molecule has 1 fully saturated rings. The van der Waals surface area contributed by atoms with E-state index in [2.05, 4.69) is 5.32 Å². The molecule has 2 rings (SSSR count). The summed E-state index contributed by atoms with van der Waals surface area (Å²) in [6, 6.07) is 3.52. The number of carbonyl (C=O) groups is 2. The van der Waals surface area contributed by atoms with Crippen LogP contribution in [0.4, 0.5) is 14.5 Å². The lowest BCUT2D eigenvalue weighted by molar-refractivity contribution is -0.141. The van der Waals surface area contributed by atoms with Crippen molar-refractivity contribution in [2.45, 2.75) is 19.3 Å². The lowest BCUT2D eigenvalue weighted by Gasteiger charge is -2.11. The zero-order valence-corrected chi connectivity index (χ0v) is 10.0. The van der Waals surface area contributed by atoms with Crippen LogP contribution in [-0.2, 0) is 9.59 Å². The maximum absolute atomic E-state index is 13.4. The van der Waals surface area contributed by atoms with E-state index in [1.54, 1.807) is 0 Å². The minimum absolute atomic E-state index is 0.219. The predicted octanol–water partition coefficient (Wildman–Crippen LogP) is 2.40. The van der Waals surface area contributed by atoms with Crippen LogP contribution in [0.5, 0.6) is 0 Å². The number of nitrogens with one attached hydrogen (secondary N) is 1. The standard InChI is InChI=1S/C13H13F2NO3/c14-9-2-1-3-10(11(9)15)16-12(17)7-4-5-8(6-7)13(18)19/h1-3,7-8H,4-6H2,(H,16,17)(H,18,19)/t7-,8+/m1/s1. The molecule has 102 valence electrons. The van der Waals surface area contributed by atoms with Gasteiger partial charge in [-0.1, -0.05) is 6.07 Å². The molecule has 19 heavy (non-hydrogen) atoms. The second kappa shape index (κ2) is 5.34. The Bertz CT molecular complexity index is 519. The Morgan fingerprint density at radius 1 is 1.21 bits per heavy atom. The number of benzene rings is 1. The summed E-state index contributed by atoms with van der Waals surface area (Å²) in [7, 11) is 0. The average Bonchev–Trinajstić information content (AvgIpc) is 2.84. The fourth-order valence-corrected chi connectivity index (χ4v) is 2.28. The Morgan fingerprint density at radius 3 is 2.53 bits per heavy atom. The minimum Gasteiger partial charge on any atom is -0.481 e. The number of carboxylic acid groups (broad SMARTS) is 1. The van der Waals surface area contributed by atoms with Gasteiger partial charge in [0.25, 0.3) is 0 Å². The molecule has 0 spiro atoms. The van der Waals surface area contributed by atoms with E-state index in [-0.39, 0.29) is 12.1 Å². The zero-order chi connectivity index (χ0) is 14.0. The minimum atomic E-state index is -1.11. The molecule has 1 saturated carbocycles. The maximum atomic E-state index is 13.4. The van der Waals surface area contributed by atoms with E-state index >= 15 is 0 Å². The highest BCUT2D eigenvalue weighted by Gasteiger charge is 2.34. The van der Waals surface area contributed by atoms with Crippen LogP contribution in [-0.4, -0.2) is 17.0 Å². The average molecular weight is 269 g/mol. The van der Waals surface area contributed by atoms with Crippen molar-refractivity contribution in [1.29, 1.82) is 0 Å². The summed E-state index contributed by atoms with van der Waals surface area (Å²) >= 11 is 0. The fraction of sp³-hybridized carbons (Fsp3) is 0.385. The second-order valence-electron chi connectivity index (χ2n) is 4.64. The van der Waals surface area contributed by atoms with E-state index in [0.717, 1.165) is 6.07 Å². The molecule has 0 heterocycles. The first-order chi connectivity index (χ1) is 8.99. The Hall–Kier alpha value is -1.98.